The van der Waals surface area contributed by atoms with E-state index in [1.807, 2.05) is 11.3 Å². The van der Waals surface area contributed by atoms with Crippen LogP contribution in [0.2, 0.25) is 0 Å². The average molecular weight is 845 g/mol. The molecule has 0 fully saturated rings. The van der Waals surface area contributed by atoms with Crippen molar-refractivity contribution in [1.29, 1.82) is 0 Å². The first-order chi connectivity index (χ1) is 32.2. The summed E-state index contributed by atoms with van der Waals surface area (Å²) >= 11 is 1.88. The second-order valence-corrected chi connectivity index (χ2v) is 17.9. The van der Waals surface area contributed by atoms with Crippen LogP contribution in [0.15, 0.2) is 243 Å². The Bertz CT molecular complexity index is 3920. The maximum Gasteiger partial charge on any atom is 0.0546 e. The summed E-state index contributed by atoms with van der Waals surface area (Å²) in [6.45, 7) is 0. The van der Waals surface area contributed by atoms with Gasteiger partial charge in [0.2, 0.25) is 0 Å². The Kier molecular flexibility index (Phi) is 8.75. The van der Waals surface area contributed by atoms with Crippen LogP contribution < -0.4 is 4.90 Å². The lowest BCUT2D eigenvalue weighted by Gasteiger charge is -2.29. The lowest BCUT2D eigenvalue weighted by Crippen LogP contribution is -2.12. The third-order valence-corrected chi connectivity index (χ3v) is 14.4. The number of hydrogen-bond acceptors (Lipinski definition) is 2. The number of nitrogens with zero attached hydrogens (tertiary/aromatic N) is 2. The number of fused-ring (bicyclic) bond motifs is 9. The number of benzene rings is 11. The Hall–Kier alpha value is -8.24. The van der Waals surface area contributed by atoms with Crippen molar-refractivity contribution in [2.24, 2.45) is 0 Å². The van der Waals surface area contributed by atoms with Gasteiger partial charge in [-0.05, 0) is 110 Å². The van der Waals surface area contributed by atoms with Crippen molar-refractivity contribution in [2.75, 3.05) is 4.90 Å². The molecule has 0 aliphatic rings. The monoisotopic (exact) mass is 844 g/mol. The summed E-state index contributed by atoms with van der Waals surface area (Å²) in [6.07, 6.45) is 0. The molecule has 0 radical (unpaired) electrons. The molecule has 65 heavy (non-hydrogen) atoms. The van der Waals surface area contributed by atoms with Gasteiger partial charge < -0.3 is 9.47 Å². The maximum atomic E-state index is 2.49. The zero-order valence-corrected chi connectivity index (χ0v) is 36.2. The fraction of sp³-hybridized carbons (Fsp3) is 0. The topological polar surface area (TPSA) is 8.17 Å². The lowest BCUT2D eigenvalue weighted by atomic mass is 9.91. The van der Waals surface area contributed by atoms with E-state index in [1.165, 1.54) is 80.2 Å². The molecule has 2 heterocycles. The predicted octanol–water partition coefficient (Wildman–Crippen LogP) is 17.9. The lowest BCUT2D eigenvalue weighted by molar-refractivity contribution is 1.17. The molecular weight excluding hydrogens is 805 g/mol. The highest BCUT2D eigenvalue weighted by Gasteiger charge is 2.22. The molecule has 11 aromatic carbocycles. The van der Waals surface area contributed by atoms with E-state index in [-0.39, 0.29) is 0 Å². The summed E-state index contributed by atoms with van der Waals surface area (Å²) in [5.41, 5.74) is 13.8. The molecule has 2 aromatic heterocycles. The highest BCUT2D eigenvalue weighted by atomic mass is 32.1. The van der Waals surface area contributed by atoms with Crippen LogP contribution in [0.5, 0.6) is 0 Å². The standard InChI is InChI=1S/C62H40N2S/c1-2-17-41(18-3-1)49-36-35-44(57-38-43-19-4-5-24-48(43)51-25-6-7-26-52(51)57)39-60(49)63(45-21-14-20-42(37-45)50-30-16-31-56-55-29-10-13-34-61(55)65-62(50)56)46-22-15-23-47(40-46)64-58-32-11-8-27-53(58)54-28-9-12-33-59(54)64/h1-40H. The molecule has 0 N–H and O–H groups in total. The molecule has 0 aliphatic carbocycles. The Balaban J connectivity index is 1.09. The largest absolute Gasteiger partial charge is 0.310 e. The van der Waals surface area contributed by atoms with E-state index in [1.54, 1.807) is 0 Å². The summed E-state index contributed by atoms with van der Waals surface area (Å²) in [5, 5.41) is 10.1. The molecule has 13 rings (SSSR count). The Morgan fingerprint density at radius 2 is 0.908 bits per heavy atom. The Labute approximate surface area is 381 Å². The van der Waals surface area contributed by atoms with Crippen LogP contribution in [-0.2, 0) is 0 Å². The van der Waals surface area contributed by atoms with Crippen LogP contribution in [0.4, 0.5) is 17.1 Å². The Morgan fingerprint density at radius 1 is 0.323 bits per heavy atom. The van der Waals surface area contributed by atoms with Crippen molar-refractivity contribution in [3.05, 3.63) is 243 Å². The van der Waals surface area contributed by atoms with Crippen LogP contribution in [0.3, 0.4) is 0 Å². The van der Waals surface area contributed by atoms with Gasteiger partial charge in [-0.3, -0.25) is 0 Å². The van der Waals surface area contributed by atoms with Crippen molar-refractivity contribution in [3.8, 4) is 39.1 Å². The summed E-state index contributed by atoms with van der Waals surface area (Å²) in [4.78, 5) is 2.49. The highest BCUT2D eigenvalue weighted by Crippen LogP contribution is 2.47. The van der Waals surface area contributed by atoms with Crippen LogP contribution in [0.25, 0.3) is 103 Å². The number of anilines is 3. The van der Waals surface area contributed by atoms with Gasteiger partial charge in [0.15, 0.2) is 0 Å². The van der Waals surface area contributed by atoms with Gasteiger partial charge in [0.1, 0.15) is 0 Å². The third-order valence-electron chi connectivity index (χ3n) is 13.1. The zero-order valence-electron chi connectivity index (χ0n) is 35.4. The number of thiophene rings is 1. The van der Waals surface area contributed by atoms with Gasteiger partial charge in [0, 0.05) is 53.6 Å². The Morgan fingerprint density at radius 3 is 1.71 bits per heavy atom. The van der Waals surface area contributed by atoms with Gasteiger partial charge in [-0.2, -0.15) is 0 Å². The smallest absolute Gasteiger partial charge is 0.0546 e. The molecule has 0 saturated heterocycles. The molecule has 0 unspecified atom stereocenters. The van der Waals surface area contributed by atoms with Crippen molar-refractivity contribution in [1.82, 2.24) is 4.57 Å². The molecule has 304 valence electrons. The van der Waals surface area contributed by atoms with Gasteiger partial charge >= 0.3 is 0 Å². The molecule has 0 aliphatic heterocycles. The van der Waals surface area contributed by atoms with Crippen LogP contribution in [0.1, 0.15) is 0 Å². The maximum absolute atomic E-state index is 2.49. The first kappa shape index (κ1) is 37.3. The normalized spacial score (nSPS) is 11.7. The summed E-state index contributed by atoms with van der Waals surface area (Å²) in [5.74, 6) is 0. The molecule has 0 spiro atoms. The van der Waals surface area contributed by atoms with Gasteiger partial charge in [0.25, 0.3) is 0 Å². The van der Waals surface area contributed by atoms with Crippen LogP contribution in [-0.4, -0.2) is 4.57 Å². The second-order valence-electron chi connectivity index (χ2n) is 16.8. The van der Waals surface area contributed by atoms with Crippen LogP contribution in [0, 0.1) is 0 Å². The first-order valence-corrected chi connectivity index (χ1v) is 23.1. The summed E-state index contributed by atoms with van der Waals surface area (Å²) in [7, 11) is 0. The summed E-state index contributed by atoms with van der Waals surface area (Å²) < 4.78 is 5.03. The number of para-hydroxylation sites is 2. The minimum Gasteiger partial charge on any atom is -0.310 e. The zero-order chi connectivity index (χ0) is 42.8. The molecule has 0 saturated carbocycles. The van der Waals surface area contributed by atoms with E-state index in [2.05, 4.69) is 252 Å². The number of rotatable bonds is 7. The van der Waals surface area contributed by atoms with Gasteiger partial charge in [-0.1, -0.05) is 182 Å². The molecule has 13 aromatic rings. The molecule has 2 nitrogen and oxygen atoms in total. The minimum absolute atomic E-state index is 1.07. The van der Waals surface area contributed by atoms with E-state index < -0.39 is 0 Å². The van der Waals surface area contributed by atoms with Gasteiger partial charge in [-0.15, -0.1) is 11.3 Å². The van der Waals surface area contributed by atoms with Crippen molar-refractivity contribution >= 4 is 91.9 Å². The molecule has 0 atom stereocenters. The number of hydrogen-bond donors (Lipinski definition) is 0. The van der Waals surface area contributed by atoms with Crippen LogP contribution >= 0.6 is 11.3 Å². The third kappa shape index (κ3) is 6.16. The minimum atomic E-state index is 1.07. The summed E-state index contributed by atoms with van der Waals surface area (Å²) in [6, 6.07) is 89.2. The average Bonchev–Trinajstić information content (AvgIpc) is 3.93. The molecule has 0 amide bonds. The van der Waals surface area contributed by atoms with E-state index in [9.17, 15) is 0 Å². The second kappa shape index (κ2) is 15.2. The van der Waals surface area contributed by atoms with Crippen molar-refractivity contribution < 1.29 is 0 Å². The van der Waals surface area contributed by atoms with Gasteiger partial charge in [-0.25, -0.2) is 0 Å². The van der Waals surface area contributed by atoms with E-state index in [4.69, 9.17) is 0 Å². The molecular formula is C62H40N2S. The molecule has 0 bridgehead atoms. The SMILES string of the molecule is c1ccc(-c2ccc(-c3cc4ccccc4c4ccccc34)cc2N(c2cccc(-c3cccc4c3sc3ccccc34)c2)c2cccc(-n3c4ccccc4c4ccccc43)c2)cc1. The molecule has 3 heteroatoms. The van der Waals surface area contributed by atoms with E-state index in [0.29, 0.717) is 0 Å². The number of aromatic nitrogens is 1. The van der Waals surface area contributed by atoms with Crippen molar-refractivity contribution in [2.45, 2.75) is 0 Å². The van der Waals surface area contributed by atoms with Crippen molar-refractivity contribution in [3.63, 3.8) is 0 Å². The predicted molar refractivity (Wildman–Crippen MR) is 280 cm³/mol. The fourth-order valence-electron chi connectivity index (χ4n) is 10.2. The highest BCUT2D eigenvalue weighted by molar-refractivity contribution is 7.26. The van der Waals surface area contributed by atoms with E-state index >= 15 is 0 Å². The quantitative estimate of drug-likeness (QED) is 0.145. The van der Waals surface area contributed by atoms with Gasteiger partial charge in [0.05, 0.1) is 16.7 Å². The van der Waals surface area contributed by atoms with E-state index in [0.717, 1.165) is 39.4 Å². The fourth-order valence-corrected chi connectivity index (χ4v) is 11.5. The first-order valence-electron chi connectivity index (χ1n) is 22.2.